The predicted octanol–water partition coefficient (Wildman–Crippen LogP) is 1.81. The van der Waals surface area contributed by atoms with Gasteiger partial charge in [-0.3, -0.25) is 9.80 Å². The lowest BCUT2D eigenvalue weighted by Crippen LogP contribution is -2.48. The molecule has 0 aliphatic carbocycles. The maximum atomic E-state index is 13.4. The summed E-state index contributed by atoms with van der Waals surface area (Å²) in [6.45, 7) is 10.0. The smallest absolute Gasteiger partial charge is 0.127 e. The molecule has 3 nitrogen and oxygen atoms in total. The average molecular weight is 265 g/mol. The first-order chi connectivity index (χ1) is 9.10. The Morgan fingerprint density at radius 3 is 2.47 bits per heavy atom. The summed E-state index contributed by atoms with van der Waals surface area (Å²) in [6, 6.07) is 5.91. The molecule has 0 saturated carbocycles. The van der Waals surface area contributed by atoms with Crippen LogP contribution in [0.4, 0.5) is 4.39 Å². The van der Waals surface area contributed by atoms with Crippen LogP contribution in [-0.4, -0.2) is 42.0 Å². The molecule has 4 heteroatoms. The molecular weight excluding hydrogens is 241 g/mol. The molecule has 1 saturated heterocycles. The predicted molar refractivity (Wildman–Crippen MR) is 76.3 cm³/mol. The van der Waals surface area contributed by atoms with Gasteiger partial charge in [0.05, 0.1) is 0 Å². The van der Waals surface area contributed by atoms with Crippen molar-refractivity contribution >= 4 is 0 Å². The molecule has 1 aliphatic heterocycles. The Bertz CT molecular complexity index is 412. The first-order valence-corrected chi connectivity index (χ1v) is 7.04. The van der Waals surface area contributed by atoms with Crippen LogP contribution in [-0.2, 0) is 13.1 Å². The molecule has 1 heterocycles. The summed E-state index contributed by atoms with van der Waals surface area (Å²) in [5.41, 5.74) is 7.31. The quantitative estimate of drug-likeness (QED) is 0.901. The molecule has 1 aliphatic rings. The highest BCUT2D eigenvalue weighted by molar-refractivity contribution is 5.25. The number of nitrogens with two attached hydrogens (primary N) is 1. The molecule has 106 valence electrons. The largest absolute Gasteiger partial charge is 0.326 e. The number of hydrogen-bond acceptors (Lipinski definition) is 3. The van der Waals surface area contributed by atoms with Crippen LogP contribution in [0.15, 0.2) is 18.2 Å². The third-order valence-electron chi connectivity index (χ3n) is 3.87. The Labute approximate surface area is 115 Å². The Morgan fingerprint density at radius 1 is 1.21 bits per heavy atom. The summed E-state index contributed by atoms with van der Waals surface area (Å²) in [5, 5.41) is 0. The highest BCUT2D eigenvalue weighted by Crippen LogP contribution is 2.14. The van der Waals surface area contributed by atoms with Crippen LogP contribution in [0, 0.1) is 5.82 Å². The van der Waals surface area contributed by atoms with E-state index in [1.807, 2.05) is 12.1 Å². The van der Waals surface area contributed by atoms with Gasteiger partial charge < -0.3 is 5.73 Å². The minimum absolute atomic E-state index is 0.198. The van der Waals surface area contributed by atoms with Crippen molar-refractivity contribution in [1.82, 2.24) is 9.80 Å². The van der Waals surface area contributed by atoms with E-state index >= 15 is 0 Å². The third-order valence-corrected chi connectivity index (χ3v) is 3.87. The SMILES string of the molecule is CC(C)N1CCN(Cc2ccc(F)c(CN)c2)CC1. The molecule has 0 amide bonds. The zero-order valence-electron chi connectivity index (χ0n) is 11.9. The summed E-state index contributed by atoms with van der Waals surface area (Å²) >= 11 is 0. The van der Waals surface area contributed by atoms with Gasteiger partial charge in [0.25, 0.3) is 0 Å². The van der Waals surface area contributed by atoms with Gasteiger partial charge in [-0.25, -0.2) is 4.39 Å². The lowest BCUT2D eigenvalue weighted by molar-refractivity contribution is 0.104. The number of halogens is 1. The zero-order valence-corrected chi connectivity index (χ0v) is 11.9. The monoisotopic (exact) mass is 265 g/mol. The Hall–Kier alpha value is -0.970. The summed E-state index contributed by atoms with van der Waals surface area (Å²) in [7, 11) is 0. The summed E-state index contributed by atoms with van der Waals surface area (Å²) in [4.78, 5) is 4.92. The number of rotatable bonds is 4. The maximum Gasteiger partial charge on any atom is 0.127 e. The minimum atomic E-state index is -0.198. The number of benzene rings is 1. The fourth-order valence-corrected chi connectivity index (χ4v) is 2.58. The summed E-state index contributed by atoms with van der Waals surface area (Å²) in [5.74, 6) is -0.198. The summed E-state index contributed by atoms with van der Waals surface area (Å²) in [6.07, 6.45) is 0. The molecule has 0 aromatic heterocycles. The van der Waals surface area contributed by atoms with Gasteiger partial charge in [0, 0.05) is 50.9 Å². The molecule has 2 rings (SSSR count). The van der Waals surface area contributed by atoms with Gasteiger partial charge >= 0.3 is 0 Å². The second-order valence-electron chi connectivity index (χ2n) is 5.54. The van der Waals surface area contributed by atoms with E-state index in [4.69, 9.17) is 5.73 Å². The van der Waals surface area contributed by atoms with Crippen molar-refractivity contribution in [3.05, 3.63) is 35.1 Å². The molecule has 0 bridgehead atoms. The molecule has 2 N–H and O–H groups in total. The average Bonchev–Trinajstić information content (AvgIpc) is 2.41. The minimum Gasteiger partial charge on any atom is -0.326 e. The molecule has 1 aromatic rings. The van der Waals surface area contributed by atoms with E-state index in [0.29, 0.717) is 11.6 Å². The molecule has 0 unspecified atom stereocenters. The van der Waals surface area contributed by atoms with Gasteiger partial charge in [0.2, 0.25) is 0 Å². The van der Waals surface area contributed by atoms with Crippen LogP contribution in [0.25, 0.3) is 0 Å². The van der Waals surface area contributed by atoms with E-state index < -0.39 is 0 Å². The van der Waals surface area contributed by atoms with Crippen molar-refractivity contribution in [2.45, 2.75) is 33.0 Å². The van der Waals surface area contributed by atoms with Gasteiger partial charge in [-0.2, -0.15) is 0 Å². The van der Waals surface area contributed by atoms with E-state index in [-0.39, 0.29) is 12.4 Å². The Balaban J connectivity index is 1.92. The van der Waals surface area contributed by atoms with E-state index in [0.717, 1.165) is 38.3 Å². The second-order valence-corrected chi connectivity index (χ2v) is 5.54. The lowest BCUT2D eigenvalue weighted by Gasteiger charge is -2.37. The third kappa shape index (κ3) is 3.75. The van der Waals surface area contributed by atoms with Crippen LogP contribution in [0.1, 0.15) is 25.0 Å². The molecule has 1 aromatic carbocycles. The van der Waals surface area contributed by atoms with Crippen LogP contribution in [0.5, 0.6) is 0 Å². The van der Waals surface area contributed by atoms with Crippen molar-refractivity contribution in [2.75, 3.05) is 26.2 Å². The van der Waals surface area contributed by atoms with Crippen molar-refractivity contribution in [3.63, 3.8) is 0 Å². The van der Waals surface area contributed by atoms with Gasteiger partial charge in [-0.15, -0.1) is 0 Å². The van der Waals surface area contributed by atoms with Crippen LogP contribution < -0.4 is 5.73 Å². The van der Waals surface area contributed by atoms with Crippen molar-refractivity contribution in [1.29, 1.82) is 0 Å². The van der Waals surface area contributed by atoms with E-state index in [9.17, 15) is 4.39 Å². The van der Waals surface area contributed by atoms with Crippen molar-refractivity contribution in [3.8, 4) is 0 Å². The first-order valence-electron chi connectivity index (χ1n) is 7.04. The molecule has 0 spiro atoms. The molecular formula is C15H24FN3. The van der Waals surface area contributed by atoms with Gasteiger partial charge in [-0.05, 0) is 25.5 Å². The van der Waals surface area contributed by atoms with Gasteiger partial charge in [0.1, 0.15) is 5.82 Å². The maximum absolute atomic E-state index is 13.4. The fraction of sp³-hybridized carbons (Fsp3) is 0.600. The van der Waals surface area contributed by atoms with Crippen LogP contribution in [0.2, 0.25) is 0 Å². The van der Waals surface area contributed by atoms with Gasteiger partial charge in [0.15, 0.2) is 0 Å². The zero-order chi connectivity index (χ0) is 13.8. The Kier molecular flexibility index (Phi) is 4.91. The number of piperazine rings is 1. The highest BCUT2D eigenvalue weighted by atomic mass is 19.1. The second kappa shape index (κ2) is 6.46. The number of hydrogen-bond donors (Lipinski definition) is 1. The Morgan fingerprint density at radius 2 is 1.89 bits per heavy atom. The van der Waals surface area contributed by atoms with Crippen LogP contribution >= 0.6 is 0 Å². The molecule has 0 radical (unpaired) electrons. The fourth-order valence-electron chi connectivity index (χ4n) is 2.58. The van der Waals surface area contributed by atoms with E-state index in [1.165, 1.54) is 6.07 Å². The highest BCUT2D eigenvalue weighted by Gasteiger charge is 2.18. The van der Waals surface area contributed by atoms with E-state index in [2.05, 4.69) is 23.6 Å². The first kappa shape index (κ1) is 14.4. The van der Waals surface area contributed by atoms with Crippen LogP contribution in [0.3, 0.4) is 0 Å². The normalized spacial score (nSPS) is 18.2. The van der Waals surface area contributed by atoms with Crippen molar-refractivity contribution < 1.29 is 4.39 Å². The molecule has 19 heavy (non-hydrogen) atoms. The topological polar surface area (TPSA) is 32.5 Å². The summed E-state index contributed by atoms with van der Waals surface area (Å²) < 4.78 is 13.4. The van der Waals surface area contributed by atoms with Gasteiger partial charge in [-0.1, -0.05) is 12.1 Å². The molecule has 0 atom stereocenters. The standard InChI is InChI=1S/C15H24FN3/c1-12(2)19-7-5-18(6-8-19)11-13-3-4-15(16)14(9-13)10-17/h3-4,9,12H,5-8,10-11,17H2,1-2H3. The number of nitrogens with zero attached hydrogens (tertiary/aromatic N) is 2. The van der Waals surface area contributed by atoms with Crippen molar-refractivity contribution in [2.24, 2.45) is 5.73 Å². The lowest BCUT2D eigenvalue weighted by atomic mass is 10.1. The molecule has 1 fully saturated rings. The van der Waals surface area contributed by atoms with E-state index in [1.54, 1.807) is 0 Å².